The molecule has 2 heterocycles. The lowest BCUT2D eigenvalue weighted by atomic mass is 9.84. The molecule has 0 aliphatic heterocycles. The van der Waals surface area contributed by atoms with Crippen molar-refractivity contribution < 1.29 is 0 Å². The summed E-state index contributed by atoms with van der Waals surface area (Å²) in [6.45, 7) is 0. The van der Waals surface area contributed by atoms with Gasteiger partial charge >= 0.3 is 0 Å². The number of rotatable bonds is 4. The standard InChI is InChI=1S/C37H25NS2/c1-2-8-24(9-3-1)25-14-16-26(17-15-25)27-18-20-28(21-19-27)29-22-31(37-38-32-11-5-7-13-34(32)40-37)36-30-10-4-6-12-33(30)39-35(36)23-29/h1-22,29H,23H2. The first-order valence-corrected chi connectivity index (χ1v) is 15.3. The third kappa shape index (κ3) is 4.10. The summed E-state index contributed by atoms with van der Waals surface area (Å²) < 4.78 is 2.60. The molecule has 0 amide bonds. The molecule has 190 valence electrons. The summed E-state index contributed by atoms with van der Waals surface area (Å²) in [6, 6.07) is 45.9. The summed E-state index contributed by atoms with van der Waals surface area (Å²) >= 11 is 3.74. The number of allylic oxidation sites excluding steroid dienone is 1. The van der Waals surface area contributed by atoms with Gasteiger partial charge in [0, 0.05) is 32.0 Å². The molecule has 1 unspecified atom stereocenters. The molecule has 5 aromatic carbocycles. The van der Waals surface area contributed by atoms with Gasteiger partial charge in [-0.3, -0.25) is 0 Å². The Morgan fingerprint density at radius 3 is 1.88 bits per heavy atom. The van der Waals surface area contributed by atoms with Gasteiger partial charge in [-0.1, -0.05) is 115 Å². The Hall–Kier alpha value is -4.31. The summed E-state index contributed by atoms with van der Waals surface area (Å²) in [7, 11) is 0. The first-order valence-electron chi connectivity index (χ1n) is 13.6. The minimum atomic E-state index is 0.317. The van der Waals surface area contributed by atoms with Gasteiger partial charge in [-0.15, -0.1) is 22.7 Å². The lowest BCUT2D eigenvalue weighted by molar-refractivity contribution is 0.837. The average Bonchev–Trinajstić information content (AvgIpc) is 3.63. The molecule has 1 nitrogen and oxygen atoms in total. The van der Waals surface area contributed by atoms with Gasteiger partial charge in [0.05, 0.1) is 10.2 Å². The number of para-hydroxylation sites is 1. The normalized spacial score (nSPS) is 14.8. The van der Waals surface area contributed by atoms with E-state index in [0.717, 1.165) is 16.9 Å². The van der Waals surface area contributed by atoms with Gasteiger partial charge < -0.3 is 0 Å². The number of benzene rings is 5. The van der Waals surface area contributed by atoms with Gasteiger partial charge in [0.15, 0.2) is 0 Å². The topological polar surface area (TPSA) is 12.9 Å². The van der Waals surface area contributed by atoms with Crippen LogP contribution in [0.25, 0.3) is 48.1 Å². The third-order valence-electron chi connectivity index (χ3n) is 7.90. The summed E-state index contributed by atoms with van der Waals surface area (Å²) in [6.07, 6.45) is 3.50. The van der Waals surface area contributed by atoms with E-state index >= 15 is 0 Å². The monoisotopic (exact) mass is 547 g/mol. The Morgan fingerprint density at radius 1 is 0.550 bits per heavy atom. The second kappa shape index (κ2) is 9.71. The number of hydrogen-bond acceptors (Lipinski definition) is 3. The van der Waals surface area contributed by atoms with Crippen LogP contribution in [-0.4, -0.2) is 4.98 Å². The zero-order valence-electron chi connectivity index (χ0n) is 21.7. The molecule has 1 aliphatic rings. The van der Waals surface area contributed by atoms with Crippen LogP contribution in [0.3, 0.4) is 0 Å². The highest BCUT2D eigenvalue weighted by Crippen LogP contribution is 2.47. The van der Waals surface area contributed by atoms with Crippen LogP contribution in [0.1, 0.15) is 26.9 Å². The number of nitrogens with zero attached hydrogens (tertiary/aromatic N) is 1. The van der Waals surface area contributed by atoms with E-state index in [4.69, 9.17) is 4.98 Å². The van der Waals surface area contributed by atoms with Crippen molar-refractivity contribution in [2.45, 2.75) is 12.3 Å². The fraction of sp³-hybridized carbons (Fsp3) is 0.0541. The van der Waals surface area contributed by atoms with Crippen LogP contribution in [0.4, 0.5) is 0 Å². The molecule has 2 aromatic heterocycles. The molecule has 0 N–H and O–H groups in total. The first kappa shape index (κ1) is 23.6. The zero-order valence-corrected chi connectivity index (χ0v) is 23.4. The Bertz CT molecular complexity index is 1980. The molecule has 0 spiro atoms. The molecule has 40 heavy (non-hydrogen) atoms. The molecule has 1 atom stereocenters. The van der Waals surface area contributed by atoms with Crippen molar-refractivity contribution in [1.29, 1.82) is 0 Å². The van der Waals surface area contributed by atoms with E-state index < -0.39 is 0 Å². The van der Waals surface area contributed by atoms with Crippen LogP contribution in [0.5, 0.6) is 0 Å². The highest BCUT2D eigenvalue weighted by atomic mass is 32.1. The molecule has 0 radical (unpaired) electrons. The molecule has 0 fully saturated rings. The molecule has 7 aromatic rings. The Morgan fingerprint density at radius 2 is 1.15 bits per heavy atom. The maximum atomic E-state index is 5.09. The van der Waals surface area contributed by atoms with Crippen LogP contribution in [0.15, 0.2) is 133 Å². The van der Waals surface area contributed by atoms with Crippen molar-refractivity contribution in [2.24, 2.45) is 0 Å². The average molecular weight is 548 g/mol. The van der Waals surface area contributed by atoms with Crippen LogP contribution in [-0.2, 0) is 6.42 Å². The number of thiophene rings is 1. The van der Waals surface area contributed by atoms with E-state index in [-0.39, 0.29) is 0 Å². The maximum Gasteiger partial charge on any atom is 0.124 e. The van der Waals surface area contributed by atoms with Gasteiger partial charge in [0.1, 0.15) is 5.01 Å². The van der Waals surface area contributed by atoms with E-state index in [1.807, 2.05) is 11.3 Å². The quantitative estimate of drug-likeness (QED) is 0.214. The molecule has 0 saturated carbocycles. The number of fused-ring (bicyclic) bond motifs is 4. The van der Waals surface area contributed by atoms with E-state index in [9.17, 15) is 0 Å². The maximum absolute atomic E-state index is 5.09. The Labute approximate surface area is 241 Å². The second-order valence-electron chi connectivity index (χ2n) is 10.3. The summed E-state index contributed by atoms with van der Waals surface area (Å²) in [5, 5.41) is 2.46. The van der Waals surface area contributed by atoms with E-state index in [1.54, 1.807) is 11.3 Å². The van der Waals surface area contributed by atoms with Crippen molar-refractivity contribution in [3.05, 3.63) is 154 Å². The zero-order chi connectivity index (χ0) is 26.5. The van der Waals surface area contributed by atoms with Crippen LogP contribution >= 0.6 is 22.7 Å². The molecule has 8 rings (SSSR count). The van der Waals surface area contributed by atoms with Gasteiger partial charge in [-0.05, 0) is 52.4 Å². The minimum absolute atomic E-state index is 0.317. The predicted molar refractivity (Wildman–Crippen MR) is 172 cm³/mol. The van der Waals surface area contributed by atoms with Gasteiger partial charge in [-0.2, -0.15) is 0 Å². The first-order chi connectivity index (χ1) is 19.8. The fourth-order valence-electron chi connectivity index (χ4n) is 5.87. The smallest absolute Gasteiger partial charge is 0.124 e. The van der Waals surface area contributed by atoms with Crippen LogP contribution in [0, 0.1) is 0 Å². The van der Waals surface area contributed by atoms with Crippen molar-refractivity contribution in [3.8, 4) is 22.3 Å². The highest BCUT2D eigenvalue weighted by molar-refractivity contribution is 7.20. The van der Waals surface area contributed by atoms with Gasteiger partial charge in [-0.25, -0.2) is 4.98 Å². The van der Waals surface area contributed by atoms with Gasteiger partial charge in [0.2, 0.25) is 0 Å². The molecule has 1 aliphatic carbocycles. The summed E-state index contributed by atoms with van der Waals surface area (Å²) in [5.41, 5.74) is 10.1. The Balaban J connectivity index is 1.16. The lowest BCUT2D eigenvalue weighted by Gasteiger charge is -2.22. The largest absolute Gasteiger partial charge is 0.236 e. The molecule has 0 saturated heterocycles. The third-order valence-corrected chi connectivity index (χ3v) is 10.2. The highest BCUT2D eigenvalue weighted by Gasteiger charge is 2.27. The summed E-state index contributed by atoms with van der Waals surface area (Å²) in [4.78, 5) is 6.55. The predicted octanol–water partition coefficient (Wildman–Crippen LogP) is 10.6. The van der Waals surface area contributed by atoms with E-state index in [2.05, 4.69) is 133 Å². The van der Waals surface area contributed by atoms with E-state index in [1.165, 1.54) is 58.6 Å². The SMILES string of the molecule is C1=C(c2nc3ccccc3s2)c2c(sc3ccccc23)CC1c1ccc(-c2ccc(-c3ccccc3)cc2)cc1. The second-order valence-corrected chi connectivity index (χ2v) is 12.5. The molecule has 3 heteroatoms. The number of thiazole rings is 1. The molecular formula is C37H25NS2. The van der Waals surface area contributed by atoms with Gasteiger partial charge in [0.25, 0.3) is 0 Å². The minimum Gasteiger partial charge on any atom is -0.236 e. The number of aromatic nitrogens is 1. The van der Waals surface area contributed by atoms with Crippen molar-refractivity contribution in [1.82, 2.24) is 4.98 Å². The molecule has 0 bridgehead atoms. The van der Waals surface area contributed by atoms with Crippen molar-refractivity contribution in [3.63, 3.8) is 0 Å². The Kier molecular flexibility index (Phi) is 5.72. The molecular weight excluding hydrogens is 523 g/mol. The lowest BCUT2D eigenvalue weighted by Crippen LogP contribution is -2.07. The summed E-state index contributed by atoms with van der Waals surface area (Å²) in [5.74, 6) is 0.317. The van der Waals surface area contributed by atoms with Crippen molar-refractivity contribution in [2.75, 3.05) is 0 Å². The number of hydrogen-bond donors (Lipinski definition) is 0. The van der Waals surface area contributed by atoms with Crippen molar-refractivity contribution >= 4 is 48.5 Å². The van der Waals surface area contributed by atoms with Crippen LogP contribution < -0.4 is 0 Å². The fourth-order valence-corrected chi connectivity index (χ4v) is 8.14. The van der Waals surface area contributed by atoms with Crippen LogP contribution in [0.2, 0.25) is 0 Å². The van der Waals surface area contributed by atoms with E-state index in [0.29, 0.717) is 5.92 Å².